The van der Waals surface area contributed by atoms with Crippen molar-refractivity contribution < 1.29 is 13.2 Å². The molecule has 4 N–H and O–H groups in total. The van der Waals surface area contributed by atoms with E-state index in [4.69, 9.17) is 15.6 Å². The maximum absolute atomic E-state index is 11.3. The number of benzene rings is 1. The molecule has 0 radical (unpaired) electrons. The Morgan fingerprint density at radius 2 is 2.17 bits per heavy atom. The molecule has 6 nitrogen and oxygen atoms in total. The molecule has 0 amide bonds. The third-order valence-electron chi connectivity index (χ3n) is 2.91. The molecule has 100 valence electrons. The molecule has 0 bridgehead atoms. The first kappa shape index (κ1) is 13.1. The van der Waals surface area contributed by atoms with Crippen LogP contribution in [-0.4, -0.2) is 34.2 Å². The highest BCUT2D eigenvalue weighted by Crippen LogP contribution is 2.27. The van der Waals surface area contributed by atoms with Gasteiger partial charge < -0.3 is 15.4 Å². The fourth-order valence-electron chi connectivity index (χ4n) is 2.01. The molecular weight excluding hydrogens is 254 g/mol. The Kier molecular flexibility index (Phi) is 3.47. The zero-order valence-corrected chi connectivity index (χ0v) is 11.0. The van der Waals surface area contributed by atoms with Crippen LogP contribution in [0.4, 0.5) is 11.4 Å². The number of primary sulfonamides is 1. The summed E-state index contributed by atoms with van der Waals surface area (Å²) < 4.78 is 28.1. The van der Waals surface area contributed by atoms with Crippen LogP contribution in [0.3, 0.4) is 0 Å². The predicted molar refractivity (Wildman–Crippen MR) is 69.9 cm³/mol. The SMILES string of the molecule is CC1CN(c2cc(S(N)(=O)=O)ccc2N)CCO1. The summed E-state index contributed by atoms with van der Waals surface area (Å²) in [5.41, 5.74) is 7.12. The molecule has 1 unspecified atom stereocenters. The molecule has 1 heterocycles. The van der Waals surface area contributed by atoms with Crippen LogP contribution in [0.5, 0.6) is 0 Å². The van der Waals surface area contributed by atoms with Crippen molar-refractivity contribution in [3.8, 4) is 0 Å². The fraction of sp³-hybridized carbons (Fsp3) is 0.455. The van der Waals surface area contributed by atoms with Crippen LogP contribution >= 0.6 is 0 Å². The Morgan fingerprint density at radius 3 is 2.78 bits per heavy atom. The van der Waals surface area contributed by atoms with Crippen molar-refractivity contribution in [2.75, 3.05) is 30.3 Å². The van der Waals surface area contributed by atoms with Gasteiger partial charge in [0.2, 0.25) is 10.0 Å². The summed E-state index contributed by atoms with van der Waals surface area (Å²) in [5, 5.41) is 5.12. The van der Waals surface area contributed by atoms with Crippen molar-refractivity contribution >= 4 is 21.4 Å². The number of morpholine rings is 1. The maximum Gasteiger partial charge on any atom is 0.238 e. The standard InChI is InChI=1S/C11H17N3O3S/c1-8-7-14(4-5-17-8)11-6-9(18(13,15)16)2-3-10(11)12/h2-3,6,8H,4-5,7,12H2,1H3,(H2,13,15,16). The van der Waals surface area contributed by atoms with Gasteiger partial charge in [0.1, 0.15) is 0 Å². The highest BCUT2D eigenvalue weighted by molar-refractivity contribution is 7.89. The van der Waals surface area contributed by atoms with Crippen LogP contribution in [0.1, 0.15) is 6.92 Å². The lowest BCUT2D eigenvalue weighted by atomic mass is 10.2. The molecular formula is C11H17N3O3S. The third-order valence-corrected chi connectivity index (χ3v) is 3.82. The predicted octanol–water partition coefficient (Wildman–Crippen LogP) is 0.141. The van der Waals surface area contributed by atoms with Gasteiger partial charge in [0.25, 0.3) is 0 Å². The second-order valence-electron chi connectivity index (χ2n) is 4.39. The van der Waals surface area contributed by atoms with Crippen molar-refractivity contribution in [1.82, 2.24) is 0 Å². The first-order chi connectivity index (χ1) is 8.38. The van der Waals surface area contributed by atoms with Crippen molar-refractivity contribution in [2.24, 2.45) is 5.14 Å². The Bertz CT molecular complexity index is 544. The summed E-state index contributed by atoms with van der Waals surface area (Å²) in [6.45, 7) is 3.92. The highest BCUT2D eigenvalue weighted by Gasteiger charge is 2.20. The van der Waals surface area contributed by atoms with Gasteiger partial charge in [-0.3, -0.25) is 0 Å². The van der Waals surface area contributed by atoms with E-state index in [-0.39, 0.29) is 11.0 Å². The van der Waals surface area contributed by atoms with Gasteiger partial charge in [-0.05, 0) is 25.1 Å². The largest absolute Gasteiger partial charge is 0.397 e. The lowest BCUT2D eigenvalue weighted by Crippen LogP contribution is -2.41. The molecule has 0 spiro atoms. The van der Waals surface area contributed by atoms with E-state index >= 15 is 0 Å². The second kappa shape index (κ2) is 4.75. The van der Waals surface area contributed by atoms with Crippen molar-refractivity contribution in [1.29, 1.82) is 0 Å². The zero-order chi connectivity index (χ0) is 13.3. The first-order valence-corrected chi connectivity index (χ1v) is 7.21. The molecule has 18 heavy (non-hydrogen) atoms. The smallest absolute Gasteiger partial charge is 0.238 e. The van der Waals surface area contributed by atoms with E-state index in [1.807, 2.05) is 11.8 Å². The molecule has 1 saturated heterocycles. The minimum Gasteiger partial charge on any atom is -0.397 e. The van der Waals surface area contributed by atoms with Crippen LogP contribution in [-0.2, 0) is 14.8 Å². The molecule has 1 atom stereocenters. The van der Waals surface area contributed by atoms with E-state index in [0.717, 1.165) is 0 Å². The quantitative estimate of drug-likeness (QED) is 0.746. The summed E-state index contributed by atoms with van der Waals surface area (Å²) >= 11 is 0. The van der Waals surface area contributed by atoms with Crippen LogP contribution in [0.2, 0.25) is 0 Å². The number of rotatable bonds is 2. The fourth-order valence-corrected chi connectivity index (χ4v) is 2.55. The molecule has 7 heteroatoms. The normalized spacial score (nSPS) is 21.0. The van der Waals surface area contributed by atoms with Crippen molar-refractivity contribution in [3.05, 3.63) is 18.2 Å². The number of anilines is 2. The molecule has 1 aliphatic rings. The van der Waals surface area contributed by atoms with E-state index < -0.39 is 10.0 Å². The van der Waals surface area contributed by atoms with Gasteiger partial charge in [-0.1, -0.05) is 0 Å². The Morgan fingerprint density at radius 1 is 1.44 bits per heavy atom. The Balaban J connectivity index is 2.37. The average molecular weight is 271 g/mol. The zero-order valence-electron chi connectivity index (χ0n) is 10.2. The summed E-state index contributed by atoms with van der Waals surface area (Å²) in [6.07, 6.45) is 0.0938. The lowest BCUT2D eigenvalue weighted by molar-refractivity contribution is 0.0532. The Labute approximate surface area is 107 Å². The van der Waals surface area contributed by atoms with Crippen LogP contribution < -0.4 is 15.8 Å². The molecule has 1 aliphatic heterocycles. The monoisotopic (exact) mass is 271 g/mol. The number of nitrogens with two attached hydrogens (primary N) is 2. The molecule has 0 aromatic heterocycles. The van der Waals surface area contributed by atoms with E-state index in [1.54, 1.807) is 6.07 Å². The van der Waals surface area contributed by atoms with Gasteiger partial charge >= 0.3 is 0 Å². The number of hydrogen-bond acceptors (Lipinski definition) is 5. The maximum atomic E-state index is 11.3. The van der Waals surface area contributed by atoms with E-state index in [1.165, 1.54) is 12.1 Å². The van der Waals surface area contributed by atoms with E-state index in [2.05, 4.69) is 0 Å². The minimum absolute atomic E-state index is 0.0749. The van der Waals surface area contributed by atoms with Crippen molar-refractivity contribution in [2.45, 2.75) is 17.9 Å². The van der Waals surface area contributed by atoms with E-state index in [0.29, 0.717) is 31.1 Å². The Hall–Kier alpha value is -1.31. The number of ether oxygens (including phenoxy) is 1. The summed E-state index contributed by atoms with van der Waals surface area (Å²) in [7, 11) is -3.71. The lowest BCUT2D eigenvalue weighted by Gasteiger charge is -2.33. The van der Waals surface area contributed by atoms with Crippen LogP contribution in [0.25, 0.3) is 0 Å². The second-order valence-corrected chi connectivity index (χ2v) is 5.95. The van der Waals surface area contributed by atoms with E-state index in [9.17, 15) is 8.42 Å². The molecule has 1 fully saturated rings. The van der Waals surface area contributed by atoms with Gasteiger partial charge in [0.05, 0.1) is 29.0 Å². The van der Waals surface area contributed by atoms with Gasteiger partial charge in [-0.15, -0.1) is 0 Å². The number of nitrogen functional groups attached to an aromatic ring is 1. The molecule has 1 aromatic carbocycles. The average Bonchev–Trinajstić information content (AvgIpc) is 2.28. The third kappa shape index (κ3) is 2.74. The molecule has 2 rings (SSSR count). The van der Waals surface area contributed by atoms with Crippen molar-refractivity contribution in [3.63, 3.8) is 0 Å². The minimum atomic E-state index is -3.71. The topological polar surface area (TPSA) is 98.7 Å². The van der Waals surface area contributed by atoms with Crippen LogP contribution in [0, 0.1) is 0 Å². The van der Waals surface area contributed by atoms with Gasteiger partial charge in [-0.2, -0.15) is 0 Å². The number of nitrogens with zero attached hydrogens (tertiary/aromatic N) is 1. The molecule has 0 aliphatic carbocycles. The summed E-state index contributed by atoms with van der Waals surface area (Å²) in [6, 6.07) is 4.50. The highest BCUT2D eigenvalue weighted by atomic mass is 32.2. The molecule has 1 aromatic rings. The summed E-state index contributed by atoms with van der Waals surface area (Å²) in [4.78, 5) is 2.09. The molecule has 0 saturated carbocycles. The van der Waals surface area contributed by atoms with Gasteiger partial charge in [-0.25, -0.2) is 13.6 Å². The summed E-state index contributed by atoms with van der Waals surface area (Å²) in [5.74, 6) is 0. The van der Waals surface area contributed by atoms with Gasteiger partial charge in [0.15, 0.2) is 0 Å². The number of sulfonamides is 1. The van der Waals surface area contributed by atoms with Gasteiger partial charge in [0, 0.05) is 13.1 Å². The first-order valence-electron chi connectivity index (χ1n) is 5.67. The number of hydrogen-bond donors (Lipinski definition) is 2. The van der Waals surface area contributed by atoms with Crippen LogP contribution in [0.15, 0.2) is 23.1 Å².